The highest BCUT2D eigenvalue weighted by Crippen LogP contribution is 2.34. The molecule has 34 heavy (non-hydrogen) atoms. The van der Waals surface area contributed by atoms with Crippen molar-refractivity contribution >= 4 is 56.3 Å². The lowest BCUT2D eigenvalue weighted by Gasteiger charge is -2.08. The zero-order valence-electron chi connectivity index (χ0n) is 19.3. The Morgan fingerprint density at radius 1 is 0.706 bits per heavy atom. The van der Waals surface area contributed by atoms with Crippen molar-refractivity contribution in [3.63, 3.8) is 0 Å². The van der Waals surface area contributed by atoms with E-state index in [0.717, 1.165) is 20.9 Å². The molecule has 10 heteroatoms. The van der Waals surface area contributed by atoms with Gasteiger partial charge in [0, 0.05) is 20.9 Å². The van der Waals surface area contributed by atoms with Gasteiger partial charge in [-0.15, -0.1) is 22.7 Å². The quantitative estimate of drug-likeness (QED) is 0.368. The molecule has 3 rings (SSSR count). The van der Waals surface area contributed by atoms with Crippen LogP contribution in [0.2, 0.25) is 0 Å². The molecule has 0 aliphatic carbocycles. The molecule has 3 aromatic rings. The van der Waals surface area contributed by atoms with Crippen LogP contribution < -0.4 is 22.1 Å². The first-order valence-electron chi connectivity index (χ1n) is 10.7. The summed E-state index contributed by atoms with van der Waals surface area (Å²) in [6.07, 6.45) is 1.25. The summed E-state index contributed by atoms with van der Waals surface area (Å²) in [7, 11) is 0. The second-order valence-corrected chi connectivity index (χ2v) is 10.1. The summed E-state index contributed by atoms with van der Waals surface area (Å²) in [6, 6.07) is 6.06. The number of nitrogens with one attached hydrogen (secondary N) is 2. The van der Waals surface area contributed by atoms with Crippen LogP contribution in [0.1, 0.15) is 76.2 Å². The number of hydrogen-bond donors (Lipinski definition) is 4. The minimum Gasteiger partial charge on any atom is -0.365 e. The van der Waals surface area contributed by atoms with Gasteiger partial charge in [0.05, 0.1) is 11.1 Å². The molecule has 0 saturated carbocycles. The highest BCUT2D eigenvalue weighted by atomic mass is 32.1. The standard InChI is InChI=1S/C24H26N4O4S2/c1-5-15-11(3)33-23(17(15)19(25)29)27-21(31)13-7-9-14(10-8-13)22(32)28-24-18(20(26)30)16(6-2)12(4)34-24/h7-10H,5-6H2,1-4H3,(H2,25,29)(H2,26,30)(H,27,31)(H,28,32). The van der Waals surface area contributed by atoms with Crippen LogP contribution in [-0.4, -0.2) is 23.6 Å². The molecule has 0 bridgehead atoms. The van der Waals surface area contributed by atoms with Gasteiger partial charge in [-0.3, -0.25) is 19.2 Å². The van der Waals surface area contributed by atoms with E-state index in [-0.39, 0.29) is 0 Å². The summed E-state index contributed by atoms with van der Waals surface area (Å²) < 4.78 is 0. The first kappa shape index (κ1) is 25.1. The van der Waals surface area contributed by atoms with Crippen molar-refractivity contribution in [3.8, 4) is 0 Å². The fourth-order valence-electron chi connectivity index (χ4n) is 3.83. The molecule has 8 nitrogen and oxygen atoms in total. The molecule has 2 aromatic heterocycles. The van der Waals surface area contributed by atoms with Gasteiger partial charge < -0.3 is 22.1 Å². The molecule has 0 saturated heterocycles. The topological polar surface area (TPSA) is 144 Å². The Labute approximate surface area is 205 Å². The zero-order valence-corrected chi connectivity index (χ0v) is 21.0. The SMILES string of the molecule is CCc1c(C)sc(NC(=O)c2ccc(C(=O)Nc3sc(C)c(CC)c3C(N)=O)cc2)c1C(N)=O. The molecule has 0 aliphatic heterocycles. The van der Waals surface area contributed by atoms with Crippen LogP contribution >= 0.6 is 22.7 Å². The number of thiophene rings is 2. The van der Waals surface area contributed by atoms with Gasteiger partial charge in [-0.2, -0.15) is 0 Å². The lowest BCUT2D eigenvalue weighted by molar-refractivity contribution is 0.0989. The van der Waals surface area contributed by atoms with E-state index in [4.69, 9.17) is 11.5 Å². The van der Waals surface area contributed by atoms with Crippen molar-refractivity contribution < 1.29 is 19.2 Å². The molecule has 6 N–H and O–H groups in total. The molecular weight excluding hydrogens is 472 g/mol. The Balaban J connectivity index is 1.79. The Kier molecular flexibility index (Phi) is 7.53. The van der Waals surface area contributed by atoms with Crippen molar-refractivity contribution in [1.29, 1.82) is 0 Å². The summed E-state index contributed by atoms with van der Waals surface area (Å²) in [5, 5.41) is 6.33. The molecule has 0 atom stereocenters. The smallest absolute Gasteiger partial charge is 0.256 e. The van der Waals surface area contributed by atoms with Crippen LogP contribution in [0.5, 0.6) is 0 Å². The number of carbonyl (C=O) groups excluding carboxylic acids is 4. The molecule has 1 aromatic carbocycles. The molecular formula is C24H26N4O4S2. The van der Waals surface area contributed by atoms with Crippen LogP contribution in [0.25, 0.3) is 0 Å². The van der Waals surface area contributed by atoms with Gasteiger partial charge in [0.2, 0.25) is 0 Å². The molecule has 178 valence electrons. The Morgan fingerprint density at radius 3 is 1.29 bits per heavy atom. The third-order valence-corrected chi connectivity index (χ3v) is 7.61. The van der Waals surface area contributed by atoms with Crippen LogP contribution in [0, 0.1) is 13.8 Å². The summed E-state index contributed by atoms with van der Waals surface area (Å²) >= 11 is 2.60. The van der Waals surface area contributed by atoms with Crippen molar-refractivity contribution in [2.45, 2.75) is 40.5 Å². The number of hydrogen-bond acceptors (Lipinski definition) is 6. The predicted molar refractivity (Wildman–Crippen MR) is 136 cm³/mol. The molecule has 0 unspecified atom stereocenters. The second kappa shape index (κ2) is 10.2. The van der Waals surface area contributed by atoms with Gasteiger partial charge in [0.15, 0.2) is 0 Å². The van der Waals surface area contributed by atoms with Crippen LogP contribution in [-0.2, 0) is 12.8 Å². The Bertz CT molecular complexity index is 1190. The zero-order chi connectivity index (χ0) is 25.2. The molecule has 0 spiro atoms. The maximum Gasteiger partial charge on any atom is 0.256 e. The average molecular weight is 499 g/mol. The number of anilines is 2. The fraction of sp³-hybridized carbons (Fsp3) is 0.250. The molecule has 0 aliphatic rings. The van der Waals surface area contributed by atoms with E-state index in [1.165, 1.54) is 46.9 Å². The first-order valence-corrected chi connectivity index (χ1v) is 12.3. The lowest BCUT2D eigenvalue weighted by Crippen LogP contribution is -2.19. The van der Waals surface area contributed by atoms with E-state index in [9.17, 15) is 19.2 Å². The summed E-state index contributed by atoms with van der Waals surface area (Å²) in [4.78, 5) is 51.2. The van der Waals surface area contributed by atoms with Crippen LogP contribution in [0.15, 0.2) is 24.3 Å². The van der Waals surface area contributed by atoms with Crippen LogP contribution in [0.3, 0.4) is 0 Å². The largest absolute Gasteiger partial charge is 0.365 e. The van der Waals surface area contributed by atoms with Gasteiger partial charge in [-0.25, -0.2) is 0 Å². The number of nitrogens with two attached hydrogens (primary N) is 2. The van der Waals surface area contributed by atoms with E-state index in [0.29, 0.717) is 45.1 Å². The molecule has 4 amide bonds. The number of primary amides is 2. The molecule has 2 heterocycles. The Morgan fingerprint density at radius 2 is 1.03 bits per heavy atom. The van der Waals surface area contributed by atoms with Gasteiger partial charge in [-0.05, 0) is 62.1 Å². The van der Waals surface area contributed by atoms with E-state index in [1.54, 1.807) is 0 Å². The number of benzene rings is 1. The normalized spacial score (nSPS) is 10.7. The highest BCUT2D eigenvalue weighted by Gasteiger charge is 2.22. The fourth-order valence-corrected chi connectivity index (χ4v) is 6.12. The maximum absolute atomic E-state index is 12.8. The number of aryl methyl sites for hydroxylation is 2. The lowest BCUT2D eigenvalue weighted by atomic mass is 10.1. The average Bonchev–Trinajstić information content (AvgIpc) is 3.28. The van der Waals surface area contributed by atoms with E-state index >= 15 is 0 Å². The van der Waals surface area contributed by atoms with Gasteiger partial charge in [0.25, 0.3) is 23.6 Å². The summed E-state index contributed by atoms with van der Waals surface area (Å²) in [6.45, 7) is 7.59. The third-order valence-electron chi connectivity index (χ3n) is 5.48. The van der Waals surface area contributed by atoms with E-state index in [1.807, 2.05) is 27.7 Å². The minimum absolute atomic E-state index is 0.314. The van der Waals surface area contributed by atoms with Crippen molar-refractivity contribution in [2.24, 2.45) is 11.5 Å². The third kappa shape index (κ3) is 4.87. The number of rotatable bonds is 8. The van der Waals surface area contributed by atoms with E-state index in [2.05, 4.69) is 10.6 Å². The number of amides is 4. The van der Waals surface area contributed by atoms with Gasteiger partial charge in [0.1, 0.15) is 10.0 Å². The van der Waals surface area contributed by atoms with Crippen molar-refractivity contribution in [3.05, 3.63) is 67.4 Å². The second-order valence-electron chi connectivity index (χ2n) is 7.60. The number of carbonyl (C=O) groups is 4. The maximum atomic E-state index is 12.8. The van der Waals surface area contributed by atoms with Crippen molar-refractivity contribution in [1.82, 2.24) is 0 Å². The summed E-state index contributed by atoms with van der Waals surface area (Å²) in [5.74, 6) is -2.02. The summed E-state index contributed by atoms with van der Waals surface area (Å²) in [5.41, 5.74) is 14.0. The minimum atomic E-state index is -0.589. The molecule has 0 radical (unpaired) electrons. The van der Waals surface area contributed by atoms with Crippen molar-refractivity contribution in [2.75, 3.05) is 10.6 Å². The monoisotopic (exact) mass is 498 g/mol. The van der Waals surface area contributed by atoms with Gasteiger partial charge >= 0.3 is 0 Å². The first-order chi connectivity index (χ1) is 16.1. The van der Waals surface area contributed by atoms with E-state index < -0.39 is 23.6 Å². The Hall–Kier alpha value is -3.50. The molecule has 0 fully saturated rings. The van der Waals surface area contributed by atoms with Gasteiger partial charge in [-0.1, -0.05) is 13.8 Å². The van der Waals surface area contributed by atoms with Crippen LogP contribution in [0.4, 0.5) is 10.0 Å². The predicted octanol–water partition coefficient (Wildman–Crippen LogP) is 4.25. The highest BCUT2D eigenvalue weighted by molar-refractivity contribution is 7.17.